The van der Waals surface area contributed by atoms with Crippen LogP contribution in [0.5, 0.6) is 0 Å². The first-order valence-electron chi connectivity index (χ1n) is 8.71. The fraction of sp³-hybridized carbons (Fsp3) is 0.353. The van der Waals surface area contributed by atoms with E-state index in [1.807, 2.05) is 0 Å². The number of amides is 1. The molecular weight excluding hydrogens is 387 g/mol. The summed E-state index contributed by atoms with van der Waals surface area (Å²) in [6, 6.07) is 5.68. The molecule has 3 aromatic rings. The summed E-state index contributed by atoms with van der Waals surface area (Å²) in [6.07, 6.45) is 3.30. The highest BCUT2D eigenvalue weighted by atomic mass is 35.5. The molecule has 1 aliphatic heterocycles. The van der Waals surface area contributed by atoms with E-state index in [0.717, 1.165) is 31.8 Å². The highest BCUT2D eigenvalue weighted by Crippen LogP contribution is 2.23. The fourth-order valence-electron chi connectivity index (χ4n) is 3.00. The molecule has 4 rings (SSSR count). The van der Waals surface area contributed by atoms with Crippen LogP contribution in [0, 0.1) is 5.82 Å². The van der Waals surface area contributed by atoms with E-state index in [2.05, 4.69) is 30.9 Å². The Morgan fingerprint density at radius 1 is 1.21 bits per heavy atom. The fourth-order valence-corrected chi connectivity index (χ4v) is 3.00. The highest BCUT2D eigenvalue weighted by molar-refractivity contribution is 6.01. The van der Waals surface area contributed by atoms with E-state index in [1.165, 1.54) is 35.3 Å². The molecule has 1 fully saturated rings. The molecule has 0 aliphatic carbocycles. The molecule has 1 aromatic carbocycles. The maximum Gasteiger partial charge on any atom is 0.280 e. The van der Waals surface area contributed by atoms with Crippen LogP contribution >= 0.6 is 12.4 Å². The molecule has 9 nitrogen and oxygen atoms in total. The number of hydrogen-bond donors (Lipinski definition) is 2. The largest absolute Gasteiger partial charge is 0.317 e. The van der Waals surface area contributed by atoms with Crippen LogP contribution in [0.15, 0.2) is 30.5 Å². The van der Waals surface area contributed by atoms with Crippen molar-refractivity contribution in [3.05, 3.63) is 47.8 Å². The normalized spacial score (nSPS) is 14.5. The number of aromatic nitrogens is 6. The van der Waals surface area contributed by atoms with Crippen molar-refractivity contribution in [3.8, 4) is 5.69 Å². The summed E-state index contributed by atoms with van der Waals surface area (Å²) in [5.74, 6) is 0.614. The molecule has 2 aromatic heterocycles. The summed E-state index contributed by atoms with van der Waals surface area (Å²) in [7, 11) is 1.74. The zero-order valence-electron chi connectivity index (χ0n) is 15.2. The molecule has 28 heavy (non-hydrogen) atoms. The van der Waals surface area contributed by atoms with E-state index < -0.39 is 5.91 Å². The molecule has 148 valence electrons. The molecule has 0 atom stereocenters. The maximum absolute atomic E-state index is 13.0. The van der Waals surface area contributed by atoms with Crippen LogP contribution in [0.4, 0.5) is 10.3 Å². The van der Waals surface area contributed by atoms with Crippen LogP contribution < -0.4 is 10.6 Å². The third-order valence-corrected chi connectivity index (χ3v) is 4.49. The molecule has 0 bridgehead atoms. The number of aryl methyl sites for hydroxylation is 1. The zero-order valence-corrected chi connectivity index (χ0v) is 16.0. The first-order valence-corrected chi connectivity index (χ1v) is 8.71. The zero-order chi connectivity index (χ0) is 18.8. The summed E-state index contributed by atoms with van der Waals surface area (Å²) in [5, 5.41) is 18.6. The molecule has 0 spiro atoms. The van der Waals surface area contributed by atoms with Gasteiger partial charge in [0.15, 0.2) is 11.5 Å². The van der Waals surface area contributed by atoms with E-state index in [-0.39, 0.29) is 23.9 Å². The second-order valence-electron chi connectivity index (χ2n) is 6.39. The number of halogens is 2. The first-order chi connectivity index (χ1) is 13.1. The van der Waals surface area contributed by atoms with Gasteiger partial charge in [0.05, 0.1) is 11.9 Å². The number of nitrogens with one attached hydrogen (secondary N) is 2. The second kappa shape index (κ2) is 8.44. The van der Waals surface area contributed by atoms with Gasteiger partial charge in [-0.2, -0.15) is 20.0 Å². The van der Waals surface area contributed by atoms with Crippen molar-refractivity contribution in [3.63, 3.8) is 0 Å². The minimum absolute atomic E-state index is 0. The van der Waals surface area contributed by atoms with Crippen molar-refractivity contribution in [1.29, 1.82) is 0 Å². The predicted molar refractivity (Wildman–Crippen MR) is 102 cm³/mol. The van der Waals surface area contributed by atoms with Crippen molar-refractivity contribution in [2.75, 3.05) is 18.4 Å². The van der Waals surface area contributed by atoms with Crippen molar-refractivity contribution in [1.82, 2.24) is 35.1 Å². The number of carbonyl (C=O) groups is 1. The molecule has 3 heterocycles. The molecule has 2 N–H and O–H groups in total. The Labute approximate surface area is 166 Å². The SMILES string of the molecule is Cl.Cn1nc(C2CCNCC2)nc1NC(=O)c1cnn(-c2ccc(F)cc2)n1. The maximum atomic E-state index is 13.0. The smallest absolute Gasteiger partial charge is 0.280 e. The molecule has 11 heteroatoms. The van der Waals surface area contributed by atoms with Gasteiger partial charge in [-0.15, -0.1) is 17.5 Å². The van der Waals surface area contributed by atoms with Gasteiger partial charge >= 0.3 is 0 Å². The van der Waals surface area contributed by atoms with E-state index in [9.17, 15) is 9.18 Å². The molecule has 1 amide bonds. The van der Waals surface area contributed by atoms with Gasteiger partial charge in [0.25, 0.3) is 5.91 Å². The van der Waals surface area contributed by atoms with Gasteiger partial charge in [0, 0.05) is 13.0 Å². The van der Waals surface area contributed by atoms with E-state index in [0.29, 0.717) is 17.6 Å². The molecule has 0 radical (unpaired) electrons. The molecular formula is C17H20ClFN8O. The van der Waals surface area contributed by atoms with E-state index in [4.69, 9.17) is 0 Å². The van der Waals surface area contributed by atoms with Gasteiger partial charge in [0.2, 0.25) is 5.95 Å². The number of rotatable bonds is 4. The third-order valence-electron chi connectivity index (χ3n) is 4.49. The Balaban J connectivity index is 0.00000225. The lowest BCUT2D eigenvalue weighted by atomic mass is 9.98. The summed E-state index contributed by atoms with van der Waals surface area (Å²) < 4.78 is 14.6. The third kappa shape index (κ3) is 4.18. The average molecular weight is 407 g/mol. The average Bonchev–Trinajstić information content (AvgIpc) is 3.31. The number of piperidine rings is 1. The summed E-state index contributed by atoms with van der Waals surface area (Å²) in [4.78, 5) is 18.2. The predicted octanol–water partition coefficient (Wildman–Crippen LogP) is 1.68. The quantitative estimate of drug-likeness (QED) is 0.683. The van der Waals surface area contributed by atoms with Gasteiger partial charge in [-0.25, -0.2) is 9.07 Å². The molecule has 0 unspecified atom stereocenters. The van der Waals surface area contributed by atoms with Crippen LogP contribution in [0.25, 0.3) is 5.69 Å². The second-order valence-corrected chi connectivity index (χ2v) is 6.39. The van der Waals surface area contributed by atoms with Crippen molar-refractivity contribution in [2.45, 2.75) is 18.8 Å². The van der Waals surface area contributed by atoms with Crippen LogP contribution in [0.3, 0.4) is 0 Å². The van der Waals surface area contributed by atoms with Gasteiger partial charge in [-0.3, -0.25) is 10.1 Å². The standard InChI is InChI=1S/C17H19FN8O.ClH/c1-25-17(21-15(24-25)11-6-8-19-9-7-11)22-16(27)14-10-20-26(23-14)13-4-2-12(18)3-5-13;/h2-5,10-11,19H,6-9H2,1H3,(H,21,22,24,27);1H. The summed E-state index contributed by atoms with van der Waals surface area (Å²) in [6.45, 7) is 1.88. The number of hydrogen-bond acceptors (Lipinski definition) is 6. The van der Waals surface area contributed by atoms with E-state index >= 15 is 0 Å². The van der Waals surface area contributed by atoms with Crippen LogP contribution in [0.2, 0.25) is 0 Å². The number of carbonyl (C=O) groups excluding carboxylic acids is 1. The molecule has 1 aliphatic rings. The minimum Gasteiger partial charge on any atom is -0.317 e. The summed E-state index contributed by atoms with van der Waals surface area (Å²) >= 11 is 0. The van der Waals surface area contributed by atoms with E-state index in [1.54, 1.807) is 11.7 Å². The summed E-state index contributed by atoms with van der Waals surface area (Å²) in [5.41, 5.74) is 0.688. The monoisotopic (exact) mass is 406 g/mol. The first kappa shape index (κ1) is 19.9. The van der Waals surface area contributed by atoms with Crippen LogP contribution in [0.1, 0.15) is 35.1 Å². The lowest BCUT2D eigenvalue weighted by Crippen LogP contribution is -2.27. The Morgan fingerprint density at radius 2 is 1.93 bits per heavy atom. The number of benzene rings is 1. The van der Waals surface area contributed by atoms with Crippen molar-refractivity contribution in [2.24, 2.45) is 7.05 Å². The van der Waals surface area contributed by atoms with Gasteiger partial charge < -0.3 is 5.32 Å². The Bertz CT molecular complexity index is 948. The van der Waals surface area contributed by atoms with Crippen LogP contribution in [-0.4, -0.2) is 48.8 Å². The minimum atomic E-state index is -0.435. The van der Waals surface area contributed by atoms with Crippen molar-refractivity contribution >= 4 is 24.3 Å². The number of anilines is 1. The van der Waals surface area contributed by atoms with Gasteiger partial charge in [-0.1, -0.05) is 0 Å². The van der Waals surface area contributed by atoms with Crippen LogP contribution in [-0.2, 0) is 7.05 Å². The Hall–Kier alpha value is -2.85. The lowest BCUT2D eigenvalue weighted by Gasteiger charge is -2.19. The highest BCUT2D eigenvalue weighted by Gasteiger charge is 2.22. The number of nitrogens with zero attached hydrogens (tertiary/aromatic N) is 6. The molecule has 1 saturated heterocycles. The topological polar surface area (TPSA) is 103 Å². The molecule has 0 saturated carbocycles. The Morgan fingerprint density at radius 3 is 2.64 bits per heavy atom. The van der Waals surface area contributed by atoms with Gasteiger partial charge in [0.1, 0.15) is 5.82 Å². The van der Waals surface area contributed by atoms with Crippen molar-refractivity contribution < 1.29 is 9.18 Å². The van der Waals surface area contributed by atoms with Gasteiger partial charge in [-0.05, 0) is 50.2 Å². The Kier molecular flexibility index (Phi) is 6.00. The lowest BCUT2D eigenvalue weighted by molar-refractivity contribution is 0.102.